The van der Waals surface area contributed by atoms with Crippen LogP contribution in [0.4, 0.5) is 0 Å². The van der Waals surface area contributed by atoms with Crippen LogP contribution >= 0.6 is 22.9 Å². The van der Waals surface area contributed by atoms with Gasteiger partial charge in [0.15, 0.2) is 4.80 Å². The molecular weight excluding hydrogens is 382 g/mol. The van der Waals surface area contributed by atoms with E-state index in [1.807, 2.05) is 30.7 Å². The van der Waals surface area contributed by atoms with Gasteiger partial charge in [-0.15, -0.1) is 0 Å². The van der Waals surface area contributed by atoms with E-state index in [-0.39, 0.29) is 0 Å². The van der Waals surface area contributed by atoms with E-state index < -0.39 is 22.0 Å². The van der Waals surface area contributed by atoms with Gasteiger partial charge in [0.05, 0.1) is 16.5 Å². The molecule has 25 heavy (non-hydrogen) atoms. The van der Waals surface area contributed by atoms with Crippen LogP contribution in [-0.4, -0.2) is 42.0 Å². The lowest BCUT2D eigenvalue weighted by Crippen LogP contribution is -2.47. The average molecular weight is 402 g/mol. The molecule has 1 unspecified atom stereocenters. The zero-order valence-electron chi connectivity index (χ0n) is 14.3. The minimum Gasteiger partial charge on any atom is -0.319 e. The topological polar surface area (TPSA) is 71.7 Å². The highest BCUT2D eigenvalue weighted by Gasteiger charge is 2.34. The molecule has 1 atom stereocenters. The minimum absolute atomic E-state index is 0.373. The monoisotopic (exact) mass is 401 g/mol. The fourth-order valence-corrected chi connectivity index (χ4v) is 5.58. The molecule has 0 bridgehead atoms. The first-order valence-electron chi connectivity index (χ1n) is 8.00. The van der Waals surface area contributed by atoms with Gasteiger partial charge in [-0.2, -0.15) is 9.30 Å². The van der Waals surface area contributed by atoms with Gasteiger partial charge in [-0.1, -0.05) is 29.4 Å². The van der Waals surface area contributed by atoms with Crippen molar-refractivity contribution >= 4 is 49.1 Å². The summed E-state index contributed by atoms with van der Waals surface area (Å²) in [6.07, 6.45) is 3.24. The van der Waals surface area contributed by atoms with Crippen molar-refractivity contribution < 1.29 is 13.2 Å². The molecule has 0 aliphatic carbocycles. The number of fused-ring (bicyclic) bond motifs is 1. The molecule has 1 aliphatic heterocycles. The van der Waals surface area contributed by atoms with E-state index in [1.165, 1.54) is 15.6 Å². The maximum Gasteiger partial charge on any atom is 0.266 e. The molecule has 1 fully saturated rings. The van der Waals surface area contributed by atoms with Crippen molar-refractivity contribution in [3.63, 3.8) is 0 Å². The Hall–Kier alpha value is -1.22. The Bertz CT molecular complexity index is 1010. The first-order chi connectivity index (χ1) is 11.7. The molecule has 2 aromatic rings. The molecule has 0 N–H and O–H groups in total. The third kappa shape index (κ3) is 3.53. The van der Waals surface area contributed by atoms with Crippen LogP contribution < -0.4 is 4.80 Å². The van der Waals surface area contributed by atoms with Crippen molar-refractivity contribution in [1.29, 1.82) is 0 Å². The standard InChI is InChI=1S/C16H20ClN3O3S2/c1-10-11(17)7-8-13-14(10)19(2)16(24-13)18-15(21)12-6-4-5-9-20(12)25(3,22)23/h7-8,12H,4-6,9H2,1-3H3. The molecule has 1 aromatic carbocycles. The molecule has 3 rings (SSSR count). The molecule has 136 valence electrons. The number of hydrogen-bond acceptors (Lipinski definition) is 4. The summed E-state index contributed by atoms with van der Waals surface area (Å²) in [7, 11) is -1.59. The van der Waals surface area contributed by atoms with E-state index in [2.05, 4.69) is 4.99 Å². The van der Waals surface area contributed by atoms with Gasteiger partial charge in [-0.3, -0.25) is 4.79 Å². The number of nitrogens with zero attached hydrogens (tertiary/aromatic N) is 3. The zero-order valence-corrected chi connectivity index (χ0v) is 16.7. The Balaban J connectivity index is 2.05. The number of amides is 1. The Labute approximate surface area is 155 Å². The van der Waals surface area contributed by atoms with E-state index >= 15 is 0 Å². The molecule has 0 spiro atoms. The first-order valence-corrected chi connectivity index (χ1v) is 11.0. The van der Waals surface area contributed by atoms with Crippen LogP contribution in [0.15, 0.2) is 17.1 Å². The normalized spacial score (nSPS) is 20.3. The molecule has 1 saturated heterocycles. The second-order valence-electron chi connectivity index (χ2n) is 6.30. The lowest BCUT2D eigenvalue weighted by atomic mass is 10.0. The largest absolute Gasteiger partial charge is 0.319 e. The van der Waals surface area contributed by atoms with Crippen LogP contribution in [0, 0.1) is 6.92 Å². The van der Waals surface area contributed by atoms with Crippen molar-refractivity contribution in [3.8, 4) is 0 Å². The number of hydrogen-bond donors (Lipinski definition) is 0. The van der Waals surface area contributed by atoms with Gasteiger partial charge in [0, 0.05) is 18.6 Å². The van der Waals surface area contributed by atoms with Gasteiger partial charge in [-0.25, -0.2) is 8.42 Å². The number of sulfonamides is 1. The lowest BCUT2D eigenvalue weighted by Gasteiger charge is -2.31. The van der Waals surface area contributed by atoms with Crippen molar-refractivity contribution in [1.82, 2.24) is 8.87 Å². The first kappa shape index (κ1) is 18.6. The van der Waals surface area contributed by atoms with E-state index in [4.69, 9.17) is 11.6 Å². The summed E-state index contributed by atoms with van der Waals surface area (Å²) >= 11 is 7.58. The number of thiazole rings is 1. The van der Waals surface area contributed by atoms with Gasteiger partial charge < -0.3 is 4.57 Å². The maximum atomic E-state index is 12.7. The van der Waals surface area contributed by atoms with Crippen LogP contribution in [0.25, 0.3) is 10.2 Å². The number of aromatic nitrogens is 1. The number of benzene rings is 1. The van der Waals surface area contributed by atoms with Crippen molar-refractivity contribution in [2.75, 3.05) is 12.8 Å². The minimum atomic E-state index is -3.43. The SMILES string of the molecule is Cc1c(Cl)ccc2sc(=NC(=O)C3CCCCN3S(C)(=O)=O)n(C)c12. The number of carbonyl (C=O) groups is 1. The summed E-state index contributed by atoms with van der Waals surface area (Å²) in [6.45, 7) is 2.30. The van der Waals surface area contributed by atoms with Crippen LogP contribution in [0.1, 0.15) is 24.8 Å². The molecule has 0 saturated carbocycles. The highest BCUT2D eigenvalue weighted by atomic mass is 35.5. The Morgan fingerprint density at radius 1 is 1.36 bits per heavy atom. The maximum absolute atomic E-state index is 12.7. The molecule has 0 radical (unpaired) electrons. The highest BCUT2D eigenvalue weighted by molar-refractivity contribution is 7.88. The lowest BCUT2D eigenvalue weighted by molar-refractivity contribution is -0.122. The van der Waals surface area contributed by atoms with Gasteiger partial charge in [0.1, 0.15) is 6.04 Å². The number of piperidine rings is 1. The van der Waals surface area contributed by atoms with Crippen LogP contribution in [0.3, 0.4) is 0 Å². The van der Waals surface area contributed by atoms with Crippen molar-refractivity contribution in [2.24, 2.45) is 12.0 Å². The van der Waals surface area contributed by atoms with Crippen LogP contribution in [0.5, 0.6) is 0 Å². The summed E-state index contributed by atoms with van der Waals surface area (Å²) < 4.78 is 28.0. The third-order valence-electron chi connectivity index (χ3n) is 4.52. The fraction of sp³-hybridized carbons (Fsp3) is 0.500. The summed E-state index contributed by atoms with van der Waals surface area (Å²) in [5.74, 6) is -0.406. The Kier molecular flexibility index (Phi) is 5.07. The smallest absolute Gasteiger partial charge is 0.266 e. The molecule has 1 aliphatic rings. The van der Waals surface area contributed by atoms with Crippen LogP contribution in [-0.2, 0) is 21.9 Å². The predicted molar refractivity (Wildman–Crippen MR) is 100 cm³/mol. The molecule has 2 heterocycles. The fourth-order valence-electron chi connectivity index (χ4n) is 3.23. The molecule has 9 heteroatoms. The number of aryl methyl sites for hydroxylation is 2. The second kappa shape index (κ2) is 6.83. The Morgan fingerprint density at radius 2 is 2.08 bits per heavy atom. The zero-order chi connectivity index (χ0) is 18.4. The van der Waals surface area contributed by atoms with Gasteiger partial charge in [-0.05, 0) is 37.5 Å². The summed E-state index contributed by atoms with van der Waals surface area (Å²) in [5.41, 5.74) is 1.87. The predicted octanol–water partition coefficient (Wildman–Crippen LogP) is 2.44. The molecule has 6 nitrogen and oxygen atoms in total. The van der Waals surface area contributed by atoms with E-state index in [1.54, 1.807) is 0 Å². The van der Waals surface area contributed by atoms with E-state index in [9.17, 15) is 13.2 Å². The quantitative estimate of drug-likeness (QED) is 0.775. The highest BCUT2D eigenvalue weighted by Crippen LogP contribution is 2.26. The Morgan fingerprint density at radius 3 is 2.76 bits per heavy atom. The molecule has 1 aromatic heterocycles. The van der Waals surface area contributed by atoms with Gasteiger partial charge >= 0.3 is 0 Å². The number of halogens is 1. The summed E-state index contributed by atoms with van der Waals surface area (Å²) in [4.78, 5) is 17.5. The van der Waals surface area contributed by atoms with Gasteiger partial charge in [0.25, 0.3) is 5.91 Å². The summed E-state index contributed by atoms with van der Waals surface area (Å²) in [6, 6.07) is 3.02. The van der Waals surface area contributed by atoms with Crippen LogP contribution in [0.2, 0.25) is 5.02 Å². The van der Waals surface area contributed by atoms with Gasteiger partial charge in [0.2, 0.25) is 10.0 Å². The molecule has 1 amide bonds. The molecular formula is C16H20ClN3O3S2. The van der Waals surface area contributed by atoms with E-state index in [0.29, 0.717) is 22.8 Å². The number of carbonyl (C=O) groups excluding carboxylic acids is 1. The van der Waals surface area contributed by atoms with E-state index in [0.717, 1.165) is 34.9 Å². The average Bonchev–Trinajstić information content (AvgIpc) is 2.87. The summed E-state index contributed by atoms with van der Waals surface area (Å²) in [5, 5.41) is 0.661. The third-order valence-corrected chi connectivity index (χ3v) is 7.32. The second-order valence-corrected chi connectivity index (χ2v) is 9.65. The number of rotatable bonds is 2. The van der Waals surface area contributed by atoms with Crippen molar-refractivity contribution in [3.05, 3.63) is 27.5 Å². The van der Waals surface area contributed by atoms with Crippen molar-refractivity contribution in [2.45, 2.75) is 32.2 Å².